The molecule has 1 heterocycles. The van der Waals surface area contributed by atoms with Crippen LogP contribution < -0.4 is 10.2 Å². The predicted octanol–water partition coefficient (Wildman–Crippen LogP) is 1.58. The van der Waals surface area contributed by atoms with Crippen LogP contribution in [0.1, 0.15) is 12.6 Å². The highest BCUT2D eigenvalue weighted by molar-refractivity contribution is 5.35. The van der Waals surface area contributed by atoms with Crippen LogP contribution in [-0.4, -0.2) is 36.3 Å². The predicted molar refractivity (Wildman–Crippen MR) is 58.7 cm³/mol. The fraction of sp³-hybridized carbons (Fsp3) is 0.600. The lowest BCUT2D eigenvalue weighted by Crippen LogP contribution is -2.31. The number of hydrogen-bond acceptors (Lipinski definition) is 4. The molecule has 0 aliphatic carbocycles. The maximum absolute atomic E-state index is 12.2. The molecule has 0 radical (unpaired) electrons. The van der Waals surface area contributed by atoms with Crippen LogP contribution in [0.3, 0.4) is 0 Å². The summed E-state index contributed by atoms with van der Waals surface area (Å²) in [6.07, 6.45) is -1.39. The van der Waals surface area contributed by atoms with Gasteiger partial charge in [0, 0.05) is 19.8 Å². The number of hydrogen-bond donors (Lipinski definition) is 1. The zero-order chi connectivity index (χ0) is 12.9. The van der Waals surface area contributed by atoms with Gasteiger partial charge in [-0.15, -0.1) is 0 Å². The second kappa shape index (κ2) is 5.81. The molecule has 0 atom stereocenters. The van der Waals surface area contributed by atoms with E-state index in [2.05, 4.69) is 15.3 Å². The van der Waals surface area contributed by atoms with Crippen LogP contribution in [0.5, 0.6) is 0 Å². The summed E-state index contributed by atoms with van der Waals surface area (Å²) in [6.45, 7) is 2.17. The topological polar surface area (TPSA) is 41.1 Å². The Morgan fingerprint density at radius 2 is 2.06 bits per heavy atom. The Kier molecular flexibility index (Phi) is 4.68. The van der Waals surface area contributed by atoms with E-state index in [1.165, 1.54) is 19.4 Å². The van der Waals surface area contributed by atoms with Crippen LogP contribution >= 0.6 is 0 Å². The molecule has 96 valence electrons. The average molecular weight is 248 g/mol. The minimum atomic E-state index is -4.24. The van der Waals surface area contributed by atoms with Crippen LogP contribution in [0, 0.1) is 0 Å². The van der Waals surface area contributed by atoms with Crippen molar-refractivity contribution in [1.29, 1.82) is 0 Å². The van der Waals surface area contributed by atoms with Crippen molar-refractivity contribution in [3.63, 3.8) is 0 Å². The second-order valence-electron chi connectivity index (χ2n) is 3.62. The molecule has 0 unspecified atom stereocenters. The van der Waals surface area contributed by atoms with E-state index in [9.17, 15) is 13.2 Å². The van der Waals surface area contributed by atoms with Crippen molar-refractivity contribution in [3.05, 3.63) is 18.1 Å². The highest BCUT2D eigenvalue weighted by Crippen LogP contribution is 2.18. The van der Waals surface area contributed by atoms with Crippen LogP contribution in [0.4, 0.5) is 19.0 Å². The van der Waals surface area contributed by atoms with E-state index in [0.29, 0.717) is 12.2 Å². The molecule has 0 aliphatic heterocycles. The number of halogens is 3. The first kappa shape index (κ1) is 13.7. The Morgan fingerprint density at radius 3 is 2.65 bits per heavy atom. The first-order valence-corrected chi connectivity index (χ1v) is 5.22. The lowest BCUT2D eigenvalue weighted by Gasteiger charge is -2.19. The van der Waals surface area contributed by atoms with Crippen LogP contribution in [-0.2, 0) is 6.54 Å². The van der Waals surface area contributed by atoms with Crippen LogP contribution in [0.25, 0.3) is 0 Å². The third kappa shape index (κ3) is 4.99. The lowest BCUT2D eigenvalue weighted by molar-refractivity contribution is -0.119. The summed E-state index contributed by atoms with van der Waals surface area (Å²) in [5.74, 6) is 0.220. The van der Waals surface area contributed by atoms with Crippen molar-refractivity contribution < 1.29 is 13.2 Å². The minimum Gasteiger partial charge on any atom is -0.349 e. The number of nitrogens with zero attached hydrogens (tertiary/aromatic N) is 3. The molecule has 0 saturated heterocycles. The van der Waals surface area contributed by atoms with E-state index in [1.54, 1.807) is 0 Å². The summed E-state index contributed by atoms with van der Waals surface area (Å²) in [5.41, 5.74) is 0.623. The van der Waals surface area contributed by atoms with Crippen LogP contribution in [0.2, 0.25) is 0 Å². The molecule has 0 aliphatic rings. The molecular formula is C10H15F3N4. The number of alkyl halides is 3. The van der Waals surface area contributed by atoms with Crippen molar-refractivity contribution in [2.75, 3.05) is 25.0 Å². The van der Waals surface area contributed by atoms with Gasteiger partial charge in [-0.05, 0) is 6.54 Å². The van der Waals surface area contributed by atoms with E-state index in [4.69, 9.17) is 0 Å². The van der Waals surface area contributed by atoms with Gasteiger partial charge in [0.25, 0.3) is 0 Å². The summed E-state index contributed by atoms with van der Waals surface area (Å²) in [5, 5.41) is 3.04. The van der Waals surface area contributed by atoms with Gasteiger partial charge in [0.1, 0.15) is 12.4 Å². The quantitative estimate of drug-likeness (QED) is 0.859. The van der Waals surface area contributed by atoms with Gasteiger partial charge in [-0.3, -0.25) is 4.98 Å². The van der Waals surface area contributed by atoms with Crippen molar-refractivity contribution in [2.45, 2.75) is 19.6 Å². The van der Waals surface area contributed by atoms with Gasteiger partial charge in [0.2, 0.25) is 0 Å². The van der Waals surface area contributed by atoms with Crippen molar-refractivity contribution in [3.8, 4) is 0 Å². The third-order valence-corrected chi connectivity index (χ3v) is 2.04. The molecule has 7 heteroatoms. The van der Waals surface area contributed by atoms with Gasteiger partial charge >= 0.3 is 6.18 Å². The maximum atomic E-state index is 12.2. The van der Waals surface area contributed by atoms with Crippen molar-refractivity contribution in [1.82, 2.24) is 15.3 Å². The minimum absolute atomic E-state index is 0.220. The molecule has 0 saturated carbocycles. The van der Waals surface area contributed by atoms with E-state index in [0.717, 1.165) is 11.4 Å². The monoisotopic (exact) mass is 248 g/mol. The molecule has 1 rings (SSSR count). The lowest BCUT2D eigenvalue weighted by atomic mass is 10.4. The molecule has 0 bridgehead atoms. The number of anilines is 1. The van der Waals surface area contributed by atoms with E-state index >= 15 is 0 Å². The molecule has 0 aromatic carbocycles. The Morgan fingerprint density at radius 1 is 1.35 bits per heavy atom. The van der Waals surface area contributed by atoms with Crippen molar-refractivity contribution >= 4 is 5.82 Å². The SMILES string of the molecule is CCNCc1cncc(N(C)CC(F)(F)F)n1. The van der Waals surface area contributed by atoms with Gasteiger partial charge < -0.3 is 10.2 Å². The Labute approximate surface area is 97.9 Å². The Bertz CT molecular complexity index is 354. The summed E-state index contributed by atoms with van der Waals surface area (Å²) < 4.78 is 36.6. The smallest absolute Gasteiger partial charge is 0.349 e. The molecule has 0 spiro atoms. The molecule has 4 nitrogen and oxygen atoms in total. The van der Waals surface area contributed by atoms with Crippen molar-refractivity contribution in [2.24, 2.45) is 0 Å². The fourth-order valence-electron chi connectivity index (χ4n) is 1.27. The highest BCUT2D eigenvalue weighted by Gasteiger charge is 2.29. The molecule has 1 aromatic rings. The molecule has 0 fully saturated rings. The first-order valence-electron chi connectivity index (χ1n) is 5.22. The first-order chi connectivity index (χ1) is 7.92. The normalized spacial score (nSPS) is 11.6. The van der Waals surface area contributed by atoms with Gasteiger partial charge in [0.05, 0.1) is 11.9 Å². The van der Waals surface area contributed by atoms with Gasteiger partial charge in [-0.25, -0.2) is 4.98 Å². The molecule has 0 amide bonds. The fourth-order valence-corrected chi connectivity index (χ4v) is 1.27. The zero-order valence-corrected chi connectivity index (χ0v) is 9.75. The summed E-state index contributed by atoms with van der Waals surface area (Å²) in [7, 11) is 1.34. The highest BCUT2D eigenvalue weighted by atomic mass is 19.4. The average Bonchev–Trinajstić information content (AvgIpc) is 2.24. The summed E-state index contributed by atoms with van der Waals surface area (Å²) in [4.78, 5) is 9.00. The second-order valence-corrected chi connectivity index (χ2v) is 3.62. The number of rotatable bonds is 5. The zero-order valence-electron chi connectivity index (χ0n) is 9.75. The molecular weight excluding hydrogens is 233 g/mol. The van der Waals surface area contributed by atoms with E-state index < -0.39 is 12.7 Å². The largest absolute Gasteiger partial charge is 0.405 e. The molecule has 1 aromatic heterocycles. The molecule has 17 heavy (non-hydrogen) atoms. The van der Waals surface area contributed by atoms with Gasteiger partial charge in [-0.1, -0.05) is 6.92 Å². The Balaban J connectivity index is 2.70. The summed E-state index contributed by atoms with van der Waals surface area (Å²) >= 11 is 0. The van der Waals surface area contributed by atoms with E-state index in [1.807, 2.05) is 6.92 Å². The Hall–Kier alpha value is -1.37. The standard InChI is InChI=1S/C10H15F3N4/c1-3-14-4-8-5-15-6-9(16-8)17(2)7-10(11,12)13/h5-6,14H,3-4,7H2,1-2H3. The molecule has 1 N–H and O–H groups in total. The number of nitrogens with one attached hydrogen (secondary N) is 1. The number of aromatic nitrogens is 2. The third-order valence-electron chi connectivity index (χ3n) is 2.04. The van der Waals surface area contributed by atoms with Gasteiger partial charge in [-0.2, -0.15) is 13.2 Å². The van der Waals surface area contributed by atoms with E-state index in [-0.39, 0.29) is 5.82 Å². The summed E-state index contributed by atoms with van der Waals surface area (Å²) in [6, 6.07) is 0. The van der Waals surface area contributed by atoms with Gasteiger partial charge in [0.15, 0.2) is 0 Å². The maximum Gasteiger partial charge on any atom is 0.405 e. The van der Waals surface area contributed by atoms with Crippen LogP contribution in [0.15, 0.2) is 12.4 Å².